The third-order valence-corrected chi connectivity index (χ3v) is 27.3. The first-order chi connectivity index (χ1) is 68.0. The van der Waals surface area contributed by atoms with Gasteiger partial charge >= 0.3 is 0 Å². The van der Waals surface area contributed by atoms with Crippen molar-refractivity contribution in [1.29, 1.82) is 0 Å². The normalized spacial score (nSPS) is 12.2. The zero-order valence-electron chi connectivity index (χ0n) is 73.7. The molecule has 9 heterocycles. The van der Waals surface area contributed by atoms with Gasteiger partial charge in [0.05, 0.1) is 73.4 Å². The number of rotatable bonds is 9. The Labute approximate surface area is 787 Å². The van der Waals surface area contributed by atoms with Gasteiger partial charge in [0.2, 0.25) is 0 Å². The molecule has 0 saturated carbocycles. The number of nitrogens with zero attached hydrogens (tertiary/aromatic N) is 12. The SMILES string of the molecule is c1ccc(-c2nc(-c3cccc4c(N5c6c(ccc7ccccc67)-c6cccc7cccc5c67)cccc34)nc3ccccc23)nc1.c1ccc2c3c(ccc2c1)-c1cccc2cccc(c12)N3c1ccc2cc(-c3nc(-c4ccncc4)c4ccccc4n3)ccc2c1.c1cncc(-c2nc(-c3cccc(N4c5c(ccc6ccccc56)-c5cccc6cccc4c56)c3)nc3ccccc23)c1. The highest BCUT2D eigenvalue weighted by Crippen LogP contribution is 2.59. The molecule has 6 aromatic heterocycles. The molecule has 0 radical (unpaired) electrons. The molecular weight excluding hydrogens is 1670 g/mol. The summed E-state index contributed by atoms with van der Waals surface area (Å²) in [5, 5.41) is 22.4. The molecule has 0 saturated heterocycles. The van der Waals surface area contributed by atoms with Gasteiger partial charge in [0.1, 0.15) is 5.69 Å². The van der Waals surface area contributed by atoms with E-state index in [2.05, 4.69) is 388 Å². The zero-order valence-corrected chi connectivity index (χ0v) is 73.7. The number of benzene rings is 20. The second kappa shape index (κ2) is 32.1. The molecule has 12 nitrogen and oxygen atoms in total. The van der Waals surface area contributed by atoms with Gasteiger partial charge in [-0.05, 0) is 174 Å². The molecule has 0 spiro atoms. The van der Waals surface area contributed by atoms with E-state index in [4.69, 9.17) is 29.9 Å². The van der Waals surface area contributed by atoms with Crippen LogP contribution in [-0.4, -0.2) is 44.9 Å². The van der Waals surface area contributed by atoms with E-state index in [0.29, 0.717) is 17.5 Å². The van der Waals surface area contributed by atoms with Crippen molar-refractivity contribution in [3.05, 3.63) is 462 Å². The lowest BCUT2D eigenvalue weighted by molar-refractivity contribution is 1.20. The Balaban J connectivity index is 0.000000104. The maximum absolute atomic E-state index is 5.18. The molecular formula is C125H76N12. The fourth-order valence-electron chi connectivity index (χ4n) is 21.2. The fraction of sp³-hybridized carbons (Fsp3) is 0. The van der Waals surface area contributed by atoms with Crippen molar-refractivity contribution in [2.45, 2.75) is 0 Å². The molecule has 0 bridgehead atoms. The predicted octanol–water partition coefficient (Wildman–Crippen LogP) is 32.7. The quantitative estimate of drug-likeness (QED) is 0.137. The van der Waals surface area contributed by atoms with E-state index in [9.17, 15) is 0 Å². The number of fused-ring (bicyclic) bond motifs is 17. The molecule has 3 aliphatic rings. The summed E-state index contributed by atoms with van der Waals surface area (Å²) in [6.07, 6.45) is 9.08. The van der Waals surface area contributed by atoms with Gasteiger partial charge in [-0.1, -0.05) is 322 Å². The lowest BCUT2D eigenvalue weighted by Crippen LogP contribution is -2.16. The molecule has 0 fully saturated rings. The summed E-state index contributed by atoms with van der Waals surface area (Å²) >= 11 is 0. The van der Waals surface area contributed by atoms with Crippen LogP contribution in [0.2, 0.25) is 0 Å². The highest BCUT2D eigenvalue weighted by Gasteiger charge is 2.34. The minimum absolute atomic E-state index is 0.684. The average Bonchev–Trinajstić information content (AvgIpc) is 0.717. The Morgan fingerprint density at radius 2 is 0.584 bits per heavy atom. The number of anilines is 9. The first-order valence-corrected chi connectivity index (χ1v) is 46.2. The van der Waals surface area contributed by atoms with Crippen molar-refractivity contribution in [2.24, 2.45) is 0 Å². The van der Waals surface area contributed by atoms with Crippen LogP contribution in [0.1, 0.15) is 0 Å². The Kier molecular flexibility index (Phi) is 18.3. The minimum Gasteiger partial charge on any atom is -0.309 e. The van der Waals surface area contributed by atoms with Crippen LogP contribution in [0.5, 0.6) is 0 Å². The van der Waals surface area contributed by atoms with E-state index >= 15 is 0 Å². The number of aromatic nitrogens is 9. The second-order valence-electron chi connectivity index (χ2n) is 35.0. The fourth-order valence-corrected chi connectivity index (χ4v) is 21.2. The third kappa shape index (κ3) is 13.0. The van der Waals surface area contributed by atoms with Crippen molar-refractivity contribution >= 4 is 170 Å². The monoisotopic (exact) mass is 1740 g/mol. The lowest BCUT2D eigenvalue weighted by Gasteiger charge is -2.35. The van der Waals surface area contributed by atoms with Crippen molar-refractivity contribution in [1.82, 2.24) is 44.9 Å². The highest BCUT2D eigenvalue weighted by atomic mass is 15.2. The molecule has 636 valence electrons. The van der Waals surface area contributed by atoms with Gasteiger partial charge in [0.25, 0.3) is 0 Å². The molecule has 20 aromatic carbocycles. The minimum atomic E-state index is 0.684. The second-order valence-corrected chi connectivity index (χ2v) is 35.0. The summed E-state index contributed by atoms with van der Waals surface area (Å²) in [6.45, 7) is 0. The Morgan fingerprint density at radius 1 is 0.182 bits per heavy atom. The van der Waals surface area contributed by atoms with Crippen molar-refractivity contribution in [2.75, 3.05) is 14.7 Å². The molecule has 0 unspecified atom stereocenters. The Bertz CT molecular complexity index is 9470. The summed E-state index contributed by atoms with van der Waals surface area (Å²) in [7, 11) is 0. The summed E-state index contributed by atoms with van der Waals surface area (Å²) in [5.74, 6) is 2.08. The number of pyridine rings is 3. The topological polar surface area (TPSA) is 126 Å². The average molecular weight is 1750 g/mol. The number of para-hydroxylation sites is 3. The van der Waals surface area contributed by atoms with Gasteiger partial charge in [-0.25, -0.2) is 29.9 Å². The number of hydrogen-bond acceptors (Lipinski definition) is 12. The maximum Gasteiger partial charge on any atom is 0.161 e. The summed E-state index contributed by atoms with van der Waals surface area (Å²) < 4.78 is 0. The van der Waals surface area contributed by atoms with Crippen LogP contribution in [0, 0.1) is 0 Å². The van der Waals surface area contributed by atoms with Crippen molar-refractivity contribution < 1.29 is 0 Å². The smallest absolute Gasteiger partial charge is 0.161 e. The van der Waals surface area contributed by atoms with E-state index < -0.39 is 0 Å². The lowest BCUT2D eigenvalue weighted by atomic mass is 9.88. The van der Waals surface area contributed by atoms with E-state index in [0.717, 1.165) is 122 Å². The van der Waals surface area contributed by atoms with Crippen LogP contribution < -0.4 is 14.7 Å². The molecule has 0 amide bonds. The van der Waals surface area contributed by atoms with E-state index in [1.54, 1.807) is 6.20 Å². The predicted molar refractivity (Wildman–Crippen MR) is 566 cm³/mol. The van der Waals surface area contributed by atoms with Crippen LogP contribution >= 0.6 is 0 Å². The maximum atomic E-state index is 5.18. The van der Waals surface area contributed by atoms with Gasteiger partial charge in [0, 0.05) is 141 Å². The van der Waals surface area contributed by atoms with E-state index in [1.165, 1.54) is 132 Å². The summed E-state index contributed by atoms with van der Waals surface area (Å²) in [6, 6.07) is 153. The molecule has 0 N–H and O–H groups in total. The summed E-state index contributed by atoms with van der Waals surface area (Å²) in [5.41, 5.74) is 29.1. The van der Waals surface area contributed by atoms with Crippen molar-refractivity contribution in [3.63, 3.8) is 0 Å². The van der Waals surface area contributed by atoms with E-state index in [-0.39, 0.29) is 0 Å². The largest absolute Gasteiger partial charge is 0.309 e. The van der Waals surface area contributed by atoms with Gasteiger partial charge in [-0.2, -0.15) is 0 Å². The van der Waals surface area contributed by atoms with E-state index in [1.807, 2.05) is 97.6 Å². The van der Waals surface area contributed by atoms with Gasteiger partial charge in [0.15, 0.2) is 17.5 Å². The number of hydrogen-bond donors (Lipinski definition) is 0. The molecule has 12 heteroatoms. The molecule has 29 rings (SSSR count). The van der Waals surface area contributed by atoms with Gasteiger partial charge in [-0.15, -0.1) is 0 Å². The standard InChI is InChI=1S/2C43H26N4.C39H24N4/c1-2-10-34-27(7-1)18-20-36-35-12-5-8-28-9-6-14-39(40(28)35)47(42(34)36)33-19-17-30-25-32(16-15-31(30)26-33)43-45-38-13-4-3-11-37(38)41(46-43)29-21-23-44-24-22-29;1-2-14-29-27(11-1)24-25-33-32-18-7-12-28-13-8-23-39(40(28)32)47(42(29)33)38-22-10-16-30-31(38)17-9-19-34(30)43-45-36-20-4-3-15-35(36)41(46-43)37-21-5-6-26-44-37;1-2-15-30-25(9-1)20-21-32-31-17-6-10-26-11-7-19-35(36(26)31)43(38(30)32)29-14-5-12-27(23-29)39-41-34-18-4-3-16-33(34)37(42-39)28-13-8-22-40-24-28/h2*1-26H;1-24H. The third-order valence-electron chi connectivity index (χ3n) is 27.3. The first kappa shape index (κ1) is 78.2. The van der Waals surface area contributed by atoms with Crippen LogP contribution in [0.25, 0.3) is 220 Å². The summed E-state index contributed by atoms with van der Waals surface area (Å²) in [4.78, 5) is 51.1. The molecule has 137 heavy (non-hydrogen) atoms. The first-order valence-electron chi connectivity index (χ1n) is 46.2. The van der Waals surface area contributed by atoms with Crippen LogP contribution in [0.3, 0.4) is 0 Å². The van der Waals surface area contributed by atoms with Crippen LogP contribution in [-0.2, 0) is 0 Å². The van der Waals surface area contributed by atoms with Gasteiger partial charge in [-0.3, -0.25) is 15.0 Å². The molecule has 0 atom stereocenters. The molecule has 26 aromatic rings. The molecule has 3 aliphatic heterocycles. The van der Waals surface area contributed by atoms with Crippen molar-refractivity contribution in [3.8, 4) is 101 Å². The Hall–Kier alpha value is -18.7. The molecule has 0 aliphatic carbocycles. The Morgan fingerprint density at radius 3 is 1.14 bits per heavy atom. The highest BCUT2D eigenvalue weighted by molar-refractivity contribution is 6.24. The van der Waals surface area contributed by atoms with Crippen LogP contribution in [0.4, 0.5) is 51.2 Å². The zero-order chi connectivity index (χ0) is 90.1. The van der Waals surface area contributed by atoms with Gasteiger partial charge < -0.3 is 14.7 Å². The van der Waals surface area contributed by atoms with Crippen LogP contribution in [0.15, 0.2) is 462 Å².